The normalized spacial score (nSPS) is 11.3. The zero-order valence-electron chi connectivity index (χ0n) is 11.5. The van der Waals surface area contributed by atoms with Crippen molar-refractivity contribution < 1.29 is 18.0 Å². The second kappa shape index (κ2) is 5.55. The predicted octanol–water partition coefficient (Wildman–Crippen LogP) is 3.97. The molecule has 2 aromatic rings. The van der Waals surface area contributed by atoms with Crippen LogP contribution >= 0.6 is 0 Å². The number of carbonyl (C=O) groups excluding carboxylic acids is 1. The number of carbonyl (C=O) groups is 1. The number of pyridine rings is 1. The maximum atomic E-state index is 12.8. The lowest BCUT2D eigenvalue weighted by atomic mass is 10.1. The zero-order valence-corrected chi connectivity index (χ0v) is 11.5. The van der Waals surface area contributed by atoms with Gasteiger partial charge in [0.2, 0.25) is 0 Å². The molecule has 3 nitrogen and oxygen atoms in total. The van der Waals surface area contributed by atoms with E-state index in [-0.39, 0.29) is 16.8 Å². The summed E-state index contributed by atoms with van der Waals surface area (Å²) >= 11 is 0. The molecule has 0 aliphatic carbocycles. The number of nitrogens with zero attached hydrogens (tertiary/aromatic N) is 1. The smallest absolute Gasteiger partial charge is 0.322 e. The van der Waals surface area contributed by atoms with Gasteiger partial charge >= 0.3 is 6.18 Å². The maximum Gasteiger partial charge on any atom is 0.416 e. The fourth-order valence-corrected chi connectivity index (χ4v) is 1.81. The third-order valence-electron chi connectivity index (χ3n) is 2.97. The molecule has 0 saturated carbocycles. The third kappa shape index (κ3) is 3.59. The van der Waals surface area contributed by atoms with Gasteiger partial charge in [-0.1, -0.05) is 6.07 Å². The van der Waals surface area contributed by atoms with Gasteiger partial charge in [0.15, 0.2) is 0 Å². The number of hydrogen-bond donors (Lipinski definition) is 1. The highest BCUT2D eigenvalue weighted by atomic mass is 19.4. The lowest BCUT2D eigenvalue weighted by Crippen LogP contribution is -2.14. The first kappa shape index (κ1) is 15.0. The number of nitrogens with one attached hydrogen (secondary N) is 1. The van der Waals surface area contributed by atoms with Crippen LogP contribution in [0.4, 0.5) is 18.9 Å². The Morgan fingerprint density at radius 2 is 1.86 bits per heavy atom. The zero-order chi connectivity index (χ0) is 15.6. The van der Waals surface area contributed by atoms with Crippen molar-refractivity contribution in [3.63, 3.8) is 0 Å². The number of aromatic nitrogens is 1. The van der Waals surface area contributed by atoms with Crippen molar-refractivity contribution in [3.8, 4) is 0 Å². The van der Waals surface area contributed by atoms with Gasteiger partial charge in [-0.15, -0.1) is 0 Å². The molecule has 1 N–H and O–H groups in total. The highest BCUT2D eigenvalue weighted by molar-refractivity contribution is 6.04. The Bertz CT molecular complexity index is 664. The van der Waals surface area contributed by atoms with Crippen molar-refractivity contribution in [3.05, 3.63) is 58.9 Å². The van der Waals surface area contributed by atoms with Crippen molar-refractivity contribution >= 4 is 11.6 Å². The second-order valence-corrected chi connectivity index (χ2v) is 4.67. The van der Waals surface area contributed by atoms with E-state index in [1.165, 1.54) is 25.3 Å². The van der Waals surface area contributed by atoms with Gasteiger partial charge in [0, 0.05) is 17.6 Å². The largest absolute Gasteiger partial charge is 0.416 e. The highest BCUT2D eigenvalue weighted by Gasteiger charge is 2.32. The fraction of sp³-hybridized carbons (Fsp3) is 0.200. The average Bonchev–Trinajstić information content (AvgIpc) is 2.40. The van der Waals surface area contributed by atoms with E-state index in [9.17, 15) is 18.0 Å². The molecule has 110 valence electrons. The number of hydrogen-bond acceptors (Lipinski definition) is 2. The summed E-state index contributed by atoms with van der Waals surface area (Å²) in [5, 5.41) is 2.44. The van der Waals surface area contributed by atoms with Gasteiger partial charge < -0.3 is 5.32 Å². The Labute approximate surface area is 119 Å². The van der Waals surface area contributed by atoms with Gasteiger partial charge in [-0.2, -0.15) is 13.2 Å². The first-order chi connectivity index (χ1) is 9.77. The second-order valence-electron chi connectivity index (χ2n) is 4.67. The molecule has 0 aliphatic rings. The predicted molar refractivity (Wildman–Crippen MR) is 73.1 cm³/mol. The first-order valence-electron chi connectivity index (χ1n) is 6.19. The summed E-state index contributed by atoms with van der Waals surface area (Å²) in [6.07, 6.45) is -3.07. The molecule has 0 atom stereocenters. The number of benzene rings is 1. The van der Waals surface area contributed by atoms with Crippen LogP contribution in [-0.4, -0.2) is 10.9 Å². The summed E-state index contributed by atoms with van der Waals surface area (Å²) in [7, 11) is 0. The van der Waals surface area contributed by atoms with Gasteiger partial charge in [0.25, 0.3) is 5.91 Å². The quantitative estimate of drug-likeness (QED) is 0.910. The Balaban J connectivity index is 2.24. The SMILES string of the molecule is Cc1ccc(C(=O)Nc2ccc(C)c(C(F)(F)F)c2)cn1. The molecule has 0 saturated heterocycles. The minimum Gasteiger partial charge on any atom is -0.322 e. The van der Waals surface area contributed by atoms with E-state index in [1.54, 1.807) is 19.1 Å². The van der Waals surface area contributed by atoms with Crippen LogP contribution in [0.5, 0.6) is 0 Å². The number of halogens is 3. The van der Waals surface area contributed by atoms with E-state index in [0.717, 1.165) is 11.8 Å². The van der Waals surface area contributed by atoms with E-state index in [2.05, 4.69) is 10.3 Å². The Kier molecular flexibility index (Phi) is 3.97. The summed E-state index contributed by atoms with van der Waals surface area (Å²) in [6, 6.07) is 6.91. The molecule has 21 heavy (non-hydrogen) atoms. The topological polar surface area (TPSA) is 42.0 Å². The van der Waals surface area contributed by atoms with Gasteiger partial charge in [-0.05, 0) is 43.7 Å². The van der Waals surface area contributed by atoms with E-state index in [0.29, 0.717) is 0 Å². The highest BCUT2D eigenvalue weighted by Crippen LogP contribution is 2.33. The summed E-state index contributed by atoms with van der Waals surface area (Å²) in [5.74, 6) is -0.500. The van der Waals surface area contributed by atoms with Crippen molar-refractivity contribution in [1.82, 2.24) is 4.98 Å². The molecule has 0 spiro atoms. The lowest BCUT2D eigenvalue weighted by Gasteiger charge is -2.12. The summed E-state index contributed by atoms with van der Waals surface area (Å²) in [5.41, 5.74) is 0.481. The Morgan fingerprint density at radius 1 is 1.14 bits per heavy atom. The number of aryl methyl sites for hydroxylation is 2. The number of alkyl halides is 3. The van der Waals surface area contributed by atoms with Crippen molar-refractivity contribution in [2.45, 2.75) is 20.0 Å². The van der Waals surface area contributed by atoms with E-state index < -0.39 is 17.6 Å². The van der Waals surface area contributed by atoms with Crippen LogP contribution in [0.2, 0.25) is 0 Å². The fourth-order valence-electron chi connectivity index (χ4n) is 1.81. The molecule has 1 aromatic carbocycles. The van der Waals surface area contributed by atoms with Crippen LogP contribution in [0.25, 0.3) is 0 Å². The molecule has 1 amide bonds. The monoisotopic (exact) mass is 294 g/mol. The molecular weight excluding hydrogens is 281 g/mol. The minimum absolute atomic E-state index is 0.0958. The number of rotatable bonds is 2. The van der Waals surface area contributed by atoms with E-state index in [1.807, 2.05) is 0 Å². The van der Waals surface area contributed by atoms with Crippen molar-refractivity contribution in [2.24, 2.45) is 0 Å². The standard InChI is InChI=1S/C15H13F3N2O/c1-9-3-6-12(7-13(9)15(16,17)18)20-14(21)11-5-4-10(2)19-8-11/h3-8H,1-2H3,(H,20,21). The average molecular weight is 294 g/mol. The Morgan fingerprint density at radius 3 is 2.43 bits per heavy atom. The van der Waals surface area contributed by atoms with Crippen molar-refractivity contribution in [1.29, 1.82) is 0 Å². The van der Waals surface area contributed by atoms with E-state index in [4.69, 9.17) is 0 Å². The Hall–Kier alpha value is -2.37. The van der Waals surface area contributed by atoms with Crippen LogP contribution in [0, 0.1) is 13.8 Å². The van der Waals surface area contributed by atoms with Gasteiger partial charge in [0.1, 0.15) is 0 Å². The van der Waals surface area contributed by atoms with Crippen molar-refractivity contribution in [2.75, 3.05) is 5.32 Å². The van der Waals surface area contributed by atoms with Crippen LogP contribution in [0.3, 0.4) is 0 Å². The summed E-state index contributed by atoms with van der Waals surface area (Å²) in [4.78, 5) is 15.9. The van der Waals surface area contributed by atoms with Gasteiger partial charge in [-0.3, -0.25) is 9.78 Å². The number of anilines is 1. The molecule has 1 heterocycles. The summed E-state index contributed by atoms with van der Waals surface area (Å²) in [6.45, 7) is 3.15. The van der Waals surface area contributed by atoms with Gasteiger partial charge in [-0.25, -0.2) is 0 Å². The molecule has 0 bridgehead atoms. The molecule has 0 radical (unpaired) electrons. The van der Waals surface area contributed by atoms with Crippen LogP contribution < -0.4 is 5.32 Å². The van der Waals surface area contributed by atoms with E-state index >= 15 is 0 Å². The van der Waals surface area contributed by atoms with Crippen LogP contribution in [0.1, 0.15) is 27.2 Å². The van der Waals surface area contributed by atoms with Crippen LogP contribution in [-0.2, 0) is 6.18 Å². The minimum atomic E-state index is -4.45. The van der Waals surface area contributed by atoms with Gasteiger partial charge in [0.05, 0.1) is 11.1 Å². The third-order valence-corrected chi connectivity index (χ3v) is 2.97. The van der Waals surface area contributed by atoms with Crippen LogP contribution in [0.15, 0.2) is 36.5 Å². The number of amides is 1. The molecule has 6 heteroatoms. The molecule has 1 aromatic heterocycles. The molecular formula is C15H13F3N2O. The first-order valence-corrected chi connectivity index (χ1v) is 6.19. The maximum absolute atomic E-state index is 12.8. The summed E-state index contributed by atoms with van der Waals surface area (Å²) < 4.78 is 38.4. The molecule has 0 aliphatic heterocycles. The molecule has 0 fully saturated rings. The lowest BCUT2D eigenvalue weighted by molar-refractivity contribution is -0.138. The molecule has 0 unspecified atom stereocenters. The molecule has 2 rings (SSSR count).